The lowest BCUT2D eigenvalue weighted by Crippen LogP contribution is -2.50. The molecule has 0 saturated carbocycles. The summed E-state index contributed by atoms with van der Waals surface area (Å²) in [5.41, 5.74) is 6.39. The van der Waals surface area contributed by atoms with E-state index >= 15 is 0 Å². The SMILES string of the molecule is Cc1ccc(C)c([C@@H](c2ccccc2)N2CCN(C(=O)CCc3cnn(C)c3)CC2)c1. The second kappa shape index (κ2) is 9.48. The predicted octanol–water partition coefficient (Wildman–Crippen LogP) is 3.90. The van der Waals surface area contributed by atoms with Crippen LogP contribution in [0, 0.1) is 13.8 Å². The minimum Gasteiger partial charge on any atom is -0.340 e. The summed E-state index contributed by atoms with van der Waals surface area (Å²) in [6.07, 6.45) is 5.13. The first-order valence-electron chi connectivity index (χ1n) is 11.1. The van der Waals surface area contributed by atoms with Crippen LogP contribution in [-0.2, 0) is 18.3 Å². The minimum absolute atomic E-state index is 0.216. The molecule has 162 valence electrons. The molecule has 0 radical (unpaired) electrons. The van der Waals surface area contributed by atoms with E-state index in [9.17, 15) is 4.79 Å². The minimum atomic E-state index is 0.216. The van der Waals surface area contributed by atoms with Crippen LogP contribution in [-0.4, -0.2) is 51.7 Å². The van der Waals surface area contributed by atoms with Crippen molar-refractivity contribution in [3.05, 3.63) is 88.7 Å². The largest absolute Gasteiger partial charge is 0.340 e. The van der Waals surface area contributed by atoms with Crippen molar-refractivity contribution in [2.75, 3.05) is 26.2 Å². The Morgan fingerprint density at radius 2 is 1.77 bits per heavy atom. The third-order valence-corrected chi connectivity index (χ3v) is 6.26. The summed E-state index contributed by atoms with van der Waals surface area (Å²) in [5.74, 6) is 0.242. The average molecular weight is 417 g/mol. The van der Waals surface area contributed by atoms with Gasteiger partial charge in [0.2, 0.25) is 5.91 Å². The first-order chi connectivity index (χ1) is 15.0. The van der Waals surface area contributed by atoms with Crippen LogP contribution in [0.1, 0.15) is 40.3 Å². The molecule has 2 aromatic carbocycles. The fourth-order valence-corrected chi connectivity index (χ4v) is 4.52. The fraction of sp³-hybridized carbons (Fsp3) is 0.385. The van der Waals surface area contributed by atoms with Gasteiger partial charge >= 0.3 is 0 Å². The van der Waals surface area contributed by atoms with E-state index in [0.717, 1.165) is 38.2 Å². The summed E-state index contributed by atoms with van der Waals surface area (Å²) >= 11 is 0. The van der Waals surface area contributed by atoms with E-state index in [1.807, 2.05) is 24.3 Å². The first-order valence-corrected chi connectivity index (χ1v) is 11.1. The molecule has 0 aliphatic carbocycles. The van der Waals surface area contributed by atoms with Crippen molar-refractivity contribution >= 4 is 5.91 Å². The molecule has 1 saturated heterocycles. The summed E-state index contributed by atoms with van der Waals surface area (Å²) in [7, 11) is 1.91. The van der Waals surface area contributed by atoms with Crippen LogP contribution in [0.2, 0.25) is 0 Å². The van der Waals surface area contributed by atoms with Crippen molar-refractivity contribution in [2.45, 2.75) is 32.7 Å². The maximum atomic E-state index is 12.8. The number of amides is 1. The van der Waals surface area contributed by atoms with Crippen molar-refractivity contribution in [1.29, 1.82) is 0 Å². The highest BCUT2D eigenvalue weighted by atomic mass is 16.2. The molecule has 2 heterocycles. The number of nitrogens with zero attached hydrogens (tertiary/aromatic N) is 4. The number of carbonyl (C=O) groups is 1. The molecule has 1 aromatic heterocycles. The Morgan fingerprint density at radius 1 is 1.03 bits per heavy atom. The van der Waals surface area contributed by atoms with Gasteiger partial charge in [0.1, 0.15) is 0 Å². The fourth-order valence-electron chi connectivity index (χ4n) is 4.52. The molecule has 1 fully saturated rings. The van der Waals surface area contributed by atoms with Gasteiger partial charge in [0.05, 0.1) is 12.2 Å². The zero-order valence-corrected chi connectivity index (χ0v) is 18.8. The highest BCUT2D eigenvalue weighted by molar-refractivity contribution is 5.76. The van der Waals surface area contributed by atoms with Gasteiger partial charge in [0.25, 0.3) is 0 Å². The van der Waals surface area contributed by atoms with E-state index in [2.05, 4.69) is 72.4 Å². The molecule has 3 aromatic rings. The number of rotatable bonds is 6. The molecule has 0 unspecified atom stereocenters. The quantitative estimate of drug-likeness (QED) is 0.612. The van der Waals surface area contributed by atoms with Gasteiger partial charge in [0.15, 0.2) is 0 Å². The summed E-state index contributed by atoms with van der Waals surface area (Å²) in [5, 5.41) is 4.19. The smallest absolute Gasteiger partial charge is 0.222 e. The third kappa shape index (κ3) is 5.05. The van der Waals surface area contributed by atoms with Crippen LogP contribution in [0.15, 0.2) is 60.9 Å². The van der Waals surface area contributed by atoms with E-state index in [0.29, 0.717) is 6.42 Å². The van der Waals surface area contributed by atoms with Gasteiger partial charge < -0.3 is 4.90 Å². The standard InChI is InChI=1S/C26H32N4O/c1-20-9-10-21(2)24(17-20)26(23-7-5-4-6-8-23)30-15-13-29(14-16-30)25(31)12-11-22-18-27-28(3)19-22/h4-10,17-19,26H,11-16H2,1-3H3/t26-/m1/s1. The van der Waals surface area contributed by atoms with E-state index in [4.69, 9.17) is 0 Å². The summed E-state index contributed by atoms with van der Waals surface area (Å²) in [4.78, 5) is 17.3. The molecule has 31 heavy (non-hydrogen) atoms. The summed E-state index contributed by atoms with van der Waals surface area (Å²) in [6.45, 7) is 7.67. The lowest BCUT2D eigenvalue weighted by Gasteiger charge is -2.40. The number of hydrogen-bond donors (Lipinski definition) is 0. The van der Waals surface area contributed by atoms with Crippen LogP contribution in [0.3, 0.4) is 0 Å². The Hall–Kier alpha value is -2.92. The lowest BCUT2D eigenvalue weighted by molar-refractivity contribution is -0.133. The van der Waals surface area contributed by atoms with Gasteiger partial charge in [0, 0.05) is 45.8 Å². The molecule has 1 aliphatic rings. The van der Waals surface area contributed by atoms with Crippen LogP contribution >= 0.6 is 0 Å². The first kappa shape index (κ1) is 21.3. The zero-order valence-electron chi connectivity index (χ0n) is 18.8. The van der Waals surface area contributed by atoms with Crippen LogP contribution in [0.5, 0.6) is 0 Å². The van der Waals surface area contributed by atoms with Crippen molar-refractivity contribution in [3.8, 4) is 0 Å². The van der Waals surface area contributed by atoms with Crippen molar-refractivity contribution < 1.29 is 4.79 Å². The van der Waals surface area contributed by atoms with E-state index in [1.165, 1.54) is 22.3 Å². The zero-order chi connectivity index (χ0) is 21.8. The number of piperazine rings is 1. The molecule has 1 atom stereocenters. The highest BCUT2D eigenvalue weighted by Crippen LogP contribution is 2.32. The van der Waals surface area contributed by atoms with Crippen LogP contribution in [0.25, 0.3) is 0 Å². The predicted molar refractivity (Wildman–Crippen MR) is 124 cm³/mol. The summed E-state index contributed by atoms with van der Waals surface area (Å²) in [6, 6.07) is 17.7. The van der Waals surface area contributed by atoms with Gasteiger partial charge in [-0.15, -0.1) is 0 Å². The monoisotopic (exact) mass is 416 g/mol. The van der Waals surface area contributed by atoms with Gasteiger partial charge in [-0.05, 0) is 42.5 Å². The van der Waals surface area contributed by atoms with Gasteiger partial charge in [-0.25, -0.2) is 0 Å². The van der Waals surface area contributed by atoms with Crippen molar-refractivity contribution in [2.24, 2.45) is 7.05 Å². The van der Waals surface area contributed by atoms with Crippen molar-refractivity contribution in [1.82, 2.24) is 19.6 Å². The van der Waals surface area contributed by atoms with E-state index < -0.39 is 0 Å². The summed E-state index contributed by atoms with van der Waals surface area (Å²) < 4.78 is 1.79. The molecule has 4 rings (SSSR count). The van der Waals surface area contributed by atoms with Gasteiger partial charge in [-0.2, -0.15) is 5.10 Å². The molecule has 1 amide bonds. The number of aromatic nitrogens is 2. The van der Waals surface area contributed by atoms with Crippen molar-refractivity contribution in [3.63, 3.8) is 0 Å². The maximum absolute atomic E-state index is 12.8. The molecule has 0 N–H and O–H groups in total. The second-order valence-corrected chi connectivity index (χ2v) is 8.61. The number of hydrogen-bond acceptors (Lipinski definition) is 3. The second-order valence-electron chi connectivity index (χ2n) is 8.61. The maximum Gasteiger partial charge on any atom is 0.222 e. The molecule has 1 aliphatic heterocycles. The molecule has 0 bridgehead atoms. The Bertz CT molecular complexity index is 1020. The lowest BCUT2D eigenvalue weighted by atomic mass is 9.92. The van der Waals surface area contributed by atoms with Gasteiger partial charge in [-0.1, -0.05) is 54.1 Å². The average Bonchev–Trinajstić information content (AvgIpc) is 3.21. The Labute approximate surface area is 185 Å². The molecule has 5 nitrogen and oxygen atoms in total. The molecule has 0 spiro atoms. The highest BCUT2D eigenvalue weighted by Gasteiger charge is 2.29. The third-order valence-electron chi connectivity index (χ3n) is 6.26. The number of carbonyl (C=O) groups excluding carboxylic acids is 1. The van der Waals surface area contributed by atoms with Gasteiger partial charge in [-0.3, -0.25) is 14.4 Å². The number of benzene rings is 2. The Kier molecular flexibility index (Phi) is 6.52. The molecular weight excluding hydrogens is 384 g/mol. The Morgan fingerprint density at radius 3 is 2.45 bits per heavy atom. The van der Waals surface area contributed by atoms with Crippen LogP contribution in [0.4, 0.5) is 0 Å². The topological polar surface area (TPSA) is 41.4 Å². The number of aryl methyl sites for hydroxylation is 4. The van der Waals surface area contributed by atoms with Crippen LogP contribution < -0.4 is 0 Å². The molecule has 5 heteroatoms. The van der Waals surface area contributed by atoms with E-state index in [-0.39, 0.29) is 11.9 Å². The Balaban J connectivity index is 1.45. The molecular formula is C26H32N4O. The van der Waals surface area contributed by atoms with E-state index in [1.54, 1.807) is 4.68 Å². The normalized spacial score (nSPS) is 15.8.